The molecular formula is C10H18. The lowest BCUT2D eigenvalue weighted by Gasteiger charge is -2.37. The summed E-state index contributed by atoms with van der Waals surface area (Å²) in [6.45, 7) is 4.72. The summed E-state index contributed by atoms with van der Waals surface area (Å²) in [5.41, 5.74) is 0. The normalized spacial score (nSPS) is 44.1. The van der Waals surface area contributed by atoms with Gasteiger partial charge in [-0.25, -0.2) is 0 Å². The Balaban J connectivity index is 1.85. The van der Waals surface area contributed by atoms with Gasteiger partial charge in [-0.1, -0.05) is 13.8 Å². The first-order valence-corrected chi connectivity index (χ1v) is 4.77. The zero-order chi connectivity index (χ0) is 7.14. The van der Waals surface area contributed by atoms with Gasteiger partial charge in [0.2, 0.25) is 0 Å². The summed E-state index contributed by atoms with van der Waals surface area (Å²) in [4.78, 5) is 0. The molecule has 2 atom stereocenters. The van der Waals surface area contributed by atoms with Crippen molar-refractivity contribution < 1.29 is 0 Å². The van der Waals surface area contributed by atoms with E-state index < -0.39 is 0 Å². The Bertz CT molecular complexity index is 112. The van der Waals surface area contributed by atoms with Crippen molar-refractivity contribution in [3.8, 4) is 0 Å². The van der Waals surface area contributed by atoms with Crippen molar-refractivity contribution in [2.75, 3.05) is 0 Å². The van der Waals surface area contributed by atoms with Crippen LogP contribution in [0.15, 0.2) is 0 Å². The van der Waals surface area contributed by atoms with Gasteiger partial charge in [0.1, 0.15) is 0 Å². The van der Waals surface area contributed by atoms with E-state index >= 15 is 0 Å². The fourth-order valence-electron chi connectivity index (χ4n) is 2.95. The van der Waals surface area contributed by atoms with Crippen molar-refractivity contribution in [2.45, 2.75) is 39.5 Å². The third kappa shape index (κ3) is 0.889. The van der Waals surface area contributed by atoms with Crippen LogP contribution in [0.25, 0.3) is 0 Å². The van der Waals surface area contributed by atoms with Gasteiger partial charge in [0.05, 0.1) is 0 Å². The molecular weight excluding hydrogens is 120 g/mol. The molecule has 0 saturated heterocycles. The third-order valence-corrected chi connectivity index (χ3v) is 3.47. The predicted molar refractivity (Wildman–Crippen MR) is 43.8 cm³/mol. The molecule has 0 aromatic heterocycles. The summed E-state index contributed by atoms with van der Waals surface area (Å²) < 4.78 is 0. The van der Waals surface area contributed by atoms with Crippen molar-refractivity contribution in [1.82, 2.24) is 0 Å². The van der Waals surface area contributed by atoms with E-state index in [2.05, 4.69) is 13.8 Å². The Hall–Kier alpha value is 0. The maximum Gasteiger partial charge on any atom is -0.0355 e. The third-order valence-electron chi connectivity index (χ3n) is 3.47. The van der Waals surface area contributed by atoms with Gasteiger partial charge in [-0.2, -0.15) is 0 Å². The fraction of sp³-hybridized carbons (Fsp3) is 1.00. The van der Waals surface area contributed by atoms with Crippen LogP contribution in [0.4, 0.5) is 0 Å². The van der Waals surface area contributed by atoms with Crippen molar-refractivity contribution in [3.05, 3.63) is 0 Å². The highest BCUT2D eigenvalue weighted by molar-refractivity contribution is 4.96. The Labute approximate surface area is 64.0 Å². The smallest absolute Gasteiger partial charge is 0.0355 e. The van der Waals surface area contributed by atoms with E-state index in [-0.39, 0.29) is 0 Å². The monoisotopic (exact) mass is 138 g/mol. The maximum absolute atomic E-state index is 2.36. The first kappa shape index (κ1) is 6.69. The molecule has 3 fully saturated rings. The minimum atomic E-state index is 0.938. The summed E-state index contributed by atoms with van der Waals surface area (Å²) in [6, 6.07) is 0. The van der Waals surface area contributed by atoms with E-state index in [0.717, 1.165) is 23.7 Å². The SMILES string of the molecule is CC(C)CC1C2CCC1C2. The van der Waals surface area contributed by atoms with Gasteiger partial charge in [-0.3, -0.25) is 0 Å². The van der Waals surface area contributed by atoms with Crippen LogP contribution in [0.1, 0.15) is 39.5 Å². The second-order valence-corrected chi connectivity index (χ2v) is 4.63. The maximum atomic E-state index is 2.36. The van der Waals surface area contributed by atoms with Crippen LogP contribution in [-0.4, -0.2) is 0 Å². The van der Waals surface area contributed by atoms with Crippen molar-refractivity contribution in [1.29, 1.82) is 0 Å². The number of hydrogen-bond acceptors (Lipinski definition) is 0. The summed E-state index contributed by atoms with van der Waals surface area (Å²) in [7, 11) is 0. The van der Waals surface area contributed by atoms with Gasteiger partial charge in [-0.15, -0.1) is 0 Å². The molecule has 58 valence electrons. The van der Waals surface area contributed by atoms with E-state index in [0.29, 0.717) is 0 Å². The Morgan fingerprint density at radius 2 is 1.80 bits per heavy atom. The van der Waals surface area contributed by atoms with Crippen LogP contribution in [-0.2, 0) is 0 Å². The zero-order valence-electron chi connectivity index (χ0n) is 7.14. The van der Waals surface area contributed by atoms with Crippen LogP contribution in [0, 0.1) is 23.7 Å². The Morgan fingerprint density at radius 3 is 2.20 bits per heavy atom. The van der Waals surface area contributed by atoms with Gasteiger partial charge < -0.3 is 0 Å². The molecule has 0 heteroatoms. The first-order chi connectivity index (χ1) is 4.77. The average molecular weight is 138 g/mol. The standard InChI is InChI=1S/C10H18/c1-7(2)5-10-8-3-4-9(10)6-8/h7-10H,3-6H2,1-2H3. The summed E-state index contributed by atoms with van der Waals surface area (Å²) >= 11 is 0. The minimum Gasteiger partial charge on any atom is -0.0628 e. The molecule has 2 bridgehead atoms. The molecule has 0 aromatic rings. The molecule has 2 unspecified atom stereocenters. The topological polar surface area (TPSA) is 0 Å². The lowest BCUT2D eigenvalue weighted by molar-refractivity contribution is 0.129. The molecule has 0 aromatic carbocycles. The Morgan fingerprint density at radius 1 is 1.20 bits per heavy atom. The number of rotatable bonds is 2. The minimum absolute atomic E-state index is 0.938. The summed E-state index contributed by atoms with van der Waals surface area (Å²) in [5.74, 6) is 4.41. The molecule has 3 aliphatic carbocycles. The van der Waals surface area contributed by atoms with Crippen LogP contribution >= 0.6 is 0 Å². The van der Waals surface area contributed by atoms with Crippen molar-refractivity contribution >= 4 is 0 Å². The molecule has 0 heterocycles. The second-order valence-electron chi connectivity index (χ2n) is 4.63. The molecule has 0 amide bonds. The van der Waals surface area contributed by atoms with Gasteiger partial charge in [0.15, 0.2) is 0 Å². The van der Waals surface area contributed by atoms with Crippen molar-refractivity contribution in [2.24, 2.45) is 23.7 Å². The highest BCUT2D eigenvalue weighted by atomic mass is 14.5. The molecule has 0 radical (unpaired) electrons. The quantitative estimate of drug-likeness (QED) is 0.550. The van der Waals surface area contributed by atoms with Crippen LogP contribution in [0.3, 0.4) is 0 Å². The van der Waals surface area contributed by atoms with E-state index in [1.165, 1.54) is 6.42 Å². The molecule has 0 nitrogen and oxygen atoms in total. The summed E-state index contributed by atoms with van der Waals surface area (Å²) in [5, 5.41) is 0. The van der Waals surface area contributed by atoms with E-state index in [1.807, 2.05) is 0 Å². The first-order valence-electron chi connectivity index (χ1n) is 4.77. The van der Waals surface area contributed by atoms with Gasteiger partial charge in [0.25, 0.3) is 0 Å². The molecule has 3 aliphatic rings. The van der Waals surface area contributed by atoms with Crippen molar-refractivity contribution in [3.63, 3.8) is 0 Å². The largest absolute Gasteiger partial charge is 0.0628 e. The van der Waals surface area contributed by atoms with Crippen LogP contribution in [0.2, 0.25) is 0 Å². The molecule has 3 rings (SSSR count). The number of fused-ring (bicyclic) bond motifs is 1. The van der Waals surface area contributed by atoms with Crippen LogP contribution in [0.5, 0.6) is 0 Å². The lowest BCUT2D eigenvalue weighted by atomic mass is 9.69. The van der Waals surface area contributed by atoms with Gasteiger partial charge >= 0.3 is 0 Å². The number of hydrogen-bond donors (Lipinski definition) is 0. The Kier molecular flexibility index (Phi) is 1.51. The average Bonchev–Trinajstić information content (AvgIpc) is 2.39. The van der Waals surface area contributed by atoms with Crippen LogP contribution < -0.4 is 0 Å². The predicted octanol–water partition coefficient (Wildman–Crippen LogP) is 3.08. The van der Waals surface area contributed by atoms with E-state index in [1.54, 1.807) is 19.3 Å². The molecule has 10 heavy (non-hydrogen) atoms. The lowest BCUT2D eigenvalue weighted by Crippen LogP contribution is -2.28. The molecule has 0 aliphatic heterocycles. The zero-order valence-corrected chi connectivity index (χ0v) is 7.14. The summed E-state index contributed by atoms with van der Waals surface area (Å²) in [6.07, 6.45) is 6.21. The molecule has 3 saturated carbocycles. The second kappa shape index (κ2) is 2.25. The molecule has 0 spiro atoms. The van der Waals surface area contributed by atoms with Gasteiger partial charge in [-0.05, 0) is 49.4 Å². The highest BCUT2D eigenvalue weighted by Gasteiger charge is 2.45. The van der Waals surface area contributed by atoms with E-state index in [9.17, 15) is 0 Å². The molecule has 0 N–H and O–H groups in total. The van der Waals surface area contributed by atoms with E-state index in [4.69, 9.17) is 0 Å². The highest BCUT2D eigenvalue weighted by Crippen LogP contribution is 2.55. The fourth-order valence-corrected chi connectivity index (χ4v) is 2.95. The van der Waals surface area contributed by atoms with Gasteiger partial charge in [0, 0.05) is 0 Å².